The number of fused-ring (bicyclic) bond motifs is 2. The molecule has 0 fully saturated rings. The van der Waals surface area contributed by atoms with Crippen molar-refractivity contribution in [3.63, 3.8) is 0 Å². The van der Waals surface area contributed by atoms with Crippen molar-refractivity contribution in [2.24, 2.45) is 0 Å². The van der Waals surface area contributed by atoms with E-state index in [9.17, 15) is 4.79 Å². The molecule has 6 nitrogen and oxygen atoms in total. The van der Waals surface area contributed by atoms with E-state index in [2.05, 4.69) is 28.9 Å². The molecule has 4 rings (SSSR count). The van der Waals surface area contributed by atoms with Crippen LogP contribution in [-0.2, 0) is 22.5 Å². The van der Waals surface area contributed by atoms with Crippen molar-refractivity contribution in [3.8, 4) is 10.6 Å². The zero-order valence-corrected chi connectivity index (χ0v) is 18.3. The Labute approximate surface area is 178 Å². The summed E-state index contributed by atoms with van der Waals surface area (Å²) >= 11 is 3.37. The van der Waals surface area contributed by atoms with Gasteiger partial charge in [0.25, 0.3) is 0 Å². The maximum Gasteiger partial charge on any atom is 0.226 e. The van der Waals surface area contributed by atoms with Gasteiger partial charge in [-0.05, 0) is 31.0 Å². The second kappa shape index (κ2) is 9.32. The molecule has 0 bridgehead atoms. The number of nitrogens with one attached hydrogen (secondary N) is 3. The molecule has 0 aliphatic carbocycles. The summed E-state index contributed by atoms with van der Waals surface area (Å²) in [6.07, 6.45) is 1.38. The van der Waals surface area contributed by atoms with Gasteiger partial charge in [0.15, 0.2) is 0 Å². The van der Waals surface area contributed by atoms with E-state index in [1.54, 1.807) is 29.8 Å². The third kappa shape index (κ3) is 4.67. The molecule has 0 radical (unpaired) electrons. The Morgan fingerprint density at radius 2 is 2.17 bits per heavy atom. The number of benzene rings is 1. The number of thiazole rings is 1. The van der Waals surface area contributed by atoms with Crippen LogP contribution in [0, 0.1) is 0 Å². The lowest BCUT2D eigenvalue weighted by Crippen LogP contribution is -2.32. The Morgan fingerprint density at radius 1 is 1.31 bits per heavy atom. The minimum Gasteiger partial charge on any atom is -0.383 e. The van der Waals surface area contributed by atoms with Gasteiger partial charge in [-0.2, -0.15) is 0 Å². The topological polar surface area (TPSA) is 75.3 Å². The third-order valence-corrected chi connectivity index (χ3v) is 7.19. The fraction of sp³-hybridized carbons (Fsp3) is 0.429. The molecule has 0 spiro atoms. The number of anilines is 1. The number of methoxy groups -OCH3 is 1. The highest BCUT2D eigenvalue weighted by Crippen LogP contribution is 2.45. The van der Waals surface area contributed by atoms with Crippen molar-refractivity contribution in [3.05, 3.63) is 34.7 Å². The molecule has 29 heavy (non-hydrogen) atoms. The van der Waals surface area contributed by atoms with Gasteiger partial charge >= 0.3 is 0 Å². The Hall–Kier alpha value is -1.84. The van der Waals surface area contributed by atoms with Gasteiger partial charge < -0.3 is 20.7 Å². The van der Waals surface area contributed by atoms with Crippen LogP contribution in [0.4, 0.5) is 5.00 Å². The van der Waals surface area contributed by atoms with Crippen LogP contribution in [0.3, 0.4) is 0 Å². The van der Waals surface area contributed by atoms with E-state index in [0.717, 1.165) is 40.6 Å². The fourth-order valence-electron chi connectivity index (χ4n) is 3.50. The molecule has 1 aliphatic heterocycles. The molecule has 1 unspecified atom stereocenters. The Morgan fingerprint density at radius 3 is 3.00 bits per heavy atom. The Balaban J connectivity index is 1.59. The van der Waals surface area contributed by atoms with Crippen molar-refractivity contribution in [2.45, 2.75) is 32.4 Å². The van der Waals surface area contributed by atoms with Crippen LogP contribution < -0.4 is 16.0 Å². The highest BCUT2D eigenvalue weighted by molar-refractivity contribution is 7.22. The number of nitrogens with zero attached hydrogens (tertiary/aromatic N) is 1. The normalized spacial score (nSPS) is 16.1. The number of thiophene rings is 1. The summed E-state index contributed by atoms with van der Waals surface area (Å²) in [4.78, 5) is 18.7. The molecule has 2 aromatic heterocycles. The van der Waals surface area contributed by atoms with Gasteiger partial charge in [-0.25, -0.2) is 4.98 Å². The van der Waals surface area contributed by atoms with Crippen molar-refractivity contribution in [2.75, 3.05) is 32.1 Å². The predicted octanol–water partition coefficient (Wildman–Crippen LogP) is 3.62. The van der Waals surface area contributed by atoms with Crippen LogP contribution in [-0.4, -0.2) is 43.7 Å². The highest BCUT2D eigenvalue weighted by Gasteiger charge is 2.27. The van der Waals surface area contributed by atoms with Gasteiger partial charge in [0.1, 0.15) is 10.0 Å². The number of aromatic nitrogens is 1. The number of rotatable bonds is 8. The Bertz CT molecular complexity index is 965. The fourth-order valence-corrected chi connectivity index (χ4v) is 5.81. The predicted molar refractivity (Wildman–Crippen MR) is 121 cm³/mol. The van der Waals surface area contributed by atoms with Crippen LogP contribution in [0.5, 0.6) is 0 Å². The molecule has 1 atom stereocenters. The SMILES string of the molecule is COCCNCCC(=O)Nc1sc2c(c1-c1nc3ccccc3s1)CC(C)NC2. The summed E-state index contributed by atoms with van der Waals surface area (Å²) in [5, 5.41) is 11.8. The van der Waals surface area contributed by atoms with Crippen LogP contribution in [0.25, 0.3) is 20.8 Å². The molecule has 3 aromatic rings. The monoisotopic (exact) mass is 430 g/mol. The van der Waals surface area contributed by atoms with Crippen LogP contribution in [0.15, 0.2) is 24.3 Å². The quantitative estimate of drug-likeness (QED) is 0.476. The average molecular weight is 431 g/mol. The number of amides is 1. The van der Waals surface area contributed by atoms with Gasteiger partial charge in [-0.15, -0.1) is 22.7 Å². The van der Waals surface area contributed by atoms with E-state index in [4.69, 9.17) is 9.72 Å². The molecular formula is C21H26N4O2S2. The lowest BCUT2D eigenvalue weighted by molar-refractivity contribution is -0.116. The molecule has 0 saturated carbocycles. The van der Waals surface area contributed by atoms with Gasteiger partial charge in [0, 0.05) is 49.6 Å². The van der Waals surface area contributed by atoms with E-state index in [-0.39, 0.29) is 5.91 Å². The summed E-state index contributed by atoms with van der Waals surface area (Å²) in [6, 6.07) is 8.61. The largest absolute Gasteiger partial charge is 0.383 e. The molecule has 3 N–H and O–H groups in total. The first-order valence-electron chi connectivity index (χ1n) is 9.89. The van der Waals surface area contributed by atoms with Gasteiger partial charge in [0.05, 0.1) is 16.8 Å². The molecule has 1 amide bonds. The Kier molecular flexibility index (Phi) is 6.56. The summed E-state index contributed by atoms with van der Waals surface area (Å²) in [6.45, 7) is 5.07. The first-order valence-corrected chi connectivity index (χ1v) is 11.5. The second-order valence-electron chi connectivity index (χ2n) is 7.22. The number of hydrogen-bond acceptors (Lipinski definition) is 7. The second-order valence-corrected chi connectivity index (χ2v) is 9.36. The van der Waals surface area contributed by atoms with Gasteiger partial charge in [-0.3, -0.25) is 4.79 Å². The molecule has 0 saturated heterocycles. The lowest BCUT2D eigenvalue weighted by atomic mass is 9.99. The van der Waals surface area contributed by atoms with Crippen LogP contribution >= 0.6 is 22.7 Å². The molecule has 154 valence electrons. The minimum atomic E-state index is 0.0249. The van der Waals surface area contributed by atoms with Gasteiger partial charge in [-0.1, -0.05) is 12.1 Å². The minimum absolute atomic E-state index is 0.0249. The summed E-state index contributed by atoms with van der Waals surface area (Å²) < 4.78 is 6.19. The number of carbonyl (C=O) groups excluding carboxylic acids is 1. The third-order valence-electron chi connectivity index (χ3n) is 4.98. The van der Waals surface area contributed by atoms with Crippen molar-refractivity contribution < 1.29 is 9.53 Å². The summed E-state index contributed by atoms with van der Waals surface area (Å²) in [7, 11) is 1.67. The standard InChI is InChI=1S/C21H26N4O2S2/c1-13-11-14-17(12-23-13)29-21(25-18(26)7-8-22-9-10-27-2)19(14)20-24-15-5-3-4-6-16(15)28-20/h3-6,13,22-23H,7-12H2,1-2H3,(H,25,26). The summed E-state index contributed by atoms with van der Waals surface area (Å²) in [5.41, 5.74) is 3.45. The smallest absolute Gasteiger partial charge is 0.226 e. The molecule has 1 aliphatic rings. The van der Waals surface area contributed by atoms with Gasteiger partial charge in [0.2, 0.25) is 5.91 Å². The highest BCUT2D eigenvalue weighted by atomic mass is 32.1. The van der Waals surface area contributed by atoms with E-state index < -0.39 is 0 Å². The average Bonchev–Trinajstić information content (AvgIpc) is 3.27. The van der Waals surface area contributed by atoms with E-state index in [1.807, 2.05) is 18.2 Å². The van der Waals surface area contributed by atoms with Crippen molar-refractivity contribution >= 4 is 43.8 Å². The van der Waals surface area contributed by atoms with E-state index >= 15 is 0 Å². The van der Waals surface area contributed by atoms with Crippen LogP contribution in [0.2, 0.25) is 0 Å². The molecular weight excluding hydrogens is 404 g/mol. The number of ether oxygens (including phenoxy) is 1. The van der Waals surface area contributed by atoms with E-state index in [0.29, 0.717) is 25.6 Å². The molecule has 8 heteroatoms. The lowest BCUT2D eigenvalue weighted by Gasteiger charge is -2.20. The number of para-hydroxylation sites is 1. The number of carbonyl (C=O) groups is 1. The van der Waals surface area contributed by atoms with Crippen molar-refractivity contribution in [1.29, 1.82) is 0 Å². The molecule has 3 heterocycles. The maximum atomic E-state index is 12.6. The van der Waals surface area contributed by atoms with Crippen LogP contribution in [0.1, 0.15) is 23.8 Å². The summed E-state index contributed by atoms with van der Waals surface area (Å²) in [5.74, 6) is 0.0249. The van der Waals surface area contributed by atoms with E-state index in [1.165, 1.54) is 15.1 Å². The first-order chi connectivity index (χ1) is 14.2. The first kappa shape index (κ1) is 20.4. The maximum absolute atomic E-state index is 12.6. The number of hydrogen-bond donors (Lipinski definition) is 3. The molecule has 1 aromatic carbocycles. The zero-order chi connectivity index (χ0) is 20.2. The zero-order valence-electron chi connectivity index (χ0n) is 16.7. The van der Waals surface area contributed by atoms with Crippen molar-refractivity contribution in [1.82, 2.24) is 15.6 Å².